The fourth-order valence-electron chi connectivity index (χ4n) is 1.36. The third-order valence-corrected chi connectivity index (χ3v) is 2.19. The van der Waals surface area contributed by atoms with Gasteiger partial charge in [0.25, 0.3) is 0 Å². The van der Waals surface area contributed by atoms with Crippen molar-refractivity contribution in [3.05, 3.63) is 23.9 Å². The van der Waals surface area contributed by atoms with E-state index in [0.717, 1.165) is 0 Å². The van der Waals surface area contributed by atoms with Gasteiger partial charge in [-0.05, 0) is 19.1 Å². The molecule has 0 aromatic carbocycles. The molecular formula is C11H11F3N2O3. The number of anilines is 1. The Kier molecular flexibility index (Phi) is 4.47. The number of aliphatic carboxylic acids is 1. The minimum Gasteiger partial charge on any atom is -0.481 e. The first kappa shape index (κ1) is 14.9. The van der Waals surface area contributed by atoms with Crippen molar-refractivity contribution in [2.75, 3.05) is 11.4 Å². The number of nitrogens with zero attached hydrogens (tertiary/aromatic N) is 2. The molecule has 0 atom stereocenters. The molecule has 0 aliphatic carbocycles. The van der Waals surface area contributed by atoms with Crippen LogP contribution < -0.4 is 4.90 Å². The monoisotopic (exact) mass is 276 g/mol. The van der Waals surface area contributed by atoms with Crippen LogP contribution in [0.2, 0.25) is 0 Å². The number of aromatic nitrogens is 1. The number of hydrogen-bond donors (Lipinski definition) is 1. The van der Waals surface area contributed by atoms with E-state index in [-0.39, 0.29) is 5.82 Å². The van der Waals surface area contributed by atoms with E-state index in [1.807, 2.05) is 0 Å². The van der Waals surface area contributed by atoms with E-state index >= 15 is 0 Å². The maximum atomic E-state index is 12.4. The first-order chi connectivity index (χ1) is 8.71. The third-order valence-electron chi connectivity index (χ3n) is 2.19. The molecule has 0 fully saturated rings. The second kappa shape index (κ2) is 5.68. The standard InChI is InChI=1S/C11H11F3N2O3/c1-7-3-2-4-8(15-7)16(6-5-9(17)18)10(19)11(12,13)14/h2-4H,5-6H2,1H3,(H,17,18). The van der Waals surface area contributed by atoms with E-state index < -0.39 is 31.0 Å². The predicted molar refractivity (Wildman–Crippen MR) is 59.6 cm³/mol. The summed E-state index contributed by atoms with van der Waals surface area (Å²) in [5.74, 6) is -3.65. The summed E-state index contributed by atoms with van der Waals surface area (Å²) in [6, 6.07) is 4.21. The molecule has 0 radical (unpaired) electrons. The molecule has 1 rings (SSSR count). The number of carbonyl (C=O) groups is 2. The van der Waals surface area contributed by atoms with Gasteiger partial charge in [0.15, 0.2) is 0 Å². The molecule has 1 aromatic rings. The van der Waals surface area contributed by atoms with Gasteiger partial charge in [-0.15, -0.1) is 0 Å². The van der Waals surface area contributed by atoms with Crippen LogP contribution in [0.1, 0.15) is 12.1 Å². The van der Waals surface area contributed by atoms with Crippen molar-refractivity contribution in [2.45, 2.75) is 19.5 Å². The third kappa shape index (κ3) is 4.23. The highest BCUT2D eigenvalue weighted by atomic mass is 19.4. The average molecular weight is 276 g/mol. The maximum Gasteiger partial charge on any atom is 0.471 e. The molecule has 0 aliphatic heterocycles. The number of aryl methyl sites for hydroxylation is 1. The molecule has 0 saturated carbocycles. The first-order valence-electron chi connectivity index (χ1n) is 5.26. The van der Waals surface area contributed by atoms with Crippen molar-refractivity contribution in [2.24, 2.45) is 0 Å². The molecule has 8 heteroatoms. The Hall–Kier alpha value is -2.12. The van der Waals surface area contributed by atoms with Crippen molar-refractivity contribution in [1.29, 1.82) is 0 Å². The zero-order chi connectivity index (χ0) is 14.6. The van der Waals surface area contributed by atoms with Crippen LogP contribution in [0, 0.1) is 6.92 Å². The summed E-state index contributed by atoms with van der Waals surface area (Å²) in [5, 5.41) is 8.51. The molecule has 1 N–H and O–H groups in total. The highest BCUT2D eigenvalue weighted by Crippen LogP contribution is 2.22. The number of hydrogen-bond acceptors (Lipinski definition) is 3. The number of carbonyl (C=O) groups excluding carboxylic acids is 1. The highest BCUT2D eigenvalue weighted by molar-refractivity contribution is 5.96. The smallest absolute Gasteiger partial charge is 0.471 e. The molecule has 1 amide bonds. The molecule has 5 nitrogen and oxygen atoms in total. The van der Waals surface area contributed by atoms with Crippen LogP contribution in [0.15, 0.2) is 18.2 Å². The average Bonchev–Trinajstić information content (AvgIpc) is 2.27. The fourth-order valence-corrected chi connectivity index (χ4v) is 1.36. The van der Waals surface area contributed by atoms with E-state index in [4.69, 9.17) is 5.11 Å². The van der Waals surface area contributed by atoms with Gasteiger partial charge in [0.2, 0.25) is 0 Å². The van der Waals surface area contributed by atoms with E-state index in [2.05, 4.69) is 4.98 Å². The highest BCUT2D eigenvalue weighted by Gasteiger charge is 2.43. The van der Waals surface area contributed by atoms with Crippen molar-refractivity contribution >= 4 is 17.7 Å². The van der Waals surface area contributed by atoms with Crippen LogP contribution >= 0.6 is 0 Å². The lowest BCUT2D eigenvalue weighted by Crippen LogP contribution is -2.42. The molecule has 0 aliphatic rings. The summed E-state index contributed by atoms with van der Waals surface area (Å²) < 4.78 is 37.3. The largest absolute Gasteiger partial charge is 0.481 e. The van der Waals surface area contributed by atoms with Gasteiger partial charge in [0, 0.05) is 12.2 Å². The number of carboxylic acids is 1. The number of pyridine rings is 1. The molecule has 1 aromatic heterocycles. The van der Waals surface area contributed by atoms with E-state index in [9.17, 15) is 22.8 Å². The Balaban J connectivity index is 3.05. The Morgan fingerprint density at radius 1 is 1.37 bits per heavy atom. The lowest BCUT2D eigenvalue weighted by atomic mass is 10.3. The van der Waals surface area contributed by atoms with Gasteiger partial charge in [0.1, 0.15) is 5.82 Å². The normalized spacial score (nSPS) is 11.2. The minimum atomic E-state index is -5.08. The van der Waals surface area contributed by atoms with Gasteiger partial charge < -0.3 is 5.11 Å². The summed E-state index contributed by atoms with van der Waals surface area (Å²) >= 11 is 0. The number of carboxylic acid groups (broad SMARTS) is 1. The second-order valence-electron chi connectivity index (χ2n) is 3.74. The Bertz CT molecular complexity index is 488. The van der Waals surface area contributed by atoms with Gasteiger partial charge in [0.05, 0.1) is 6.42 Å². The zero-order valence-electron chi connectivity index (χ0n) is 9.94. The lowest BCUT2D eigenvalue weighted by molar-refractivity contribution is -0.170. The summed E-state index contributed by atoms with van der Waals surface area (Å²) in [6.07, 6.45) is -5.68. The fraction of sp³-hybridized carbons (Fsp3) is 0.364. The van der Waals surface area contributed by atoms with E-state index in [0.29, 0.717) is 10.6 Å². The maximum absolute atomic E-state index is 12.4. The van der Waals surface area contributed by atoms with Gasteiger partial charge in [-0.1, -0.05) is 6.07 Å². The van der Waals surface area contributed by atoms with Crippen LogP contribution in [0.4, 0.5) is 19.0 Å². The van der Waals surface area contributed by atoms with Crippen LogP contribution in [-0.2, 0) is 9.59 Å². The number of amides is 1. The summed E-state index contributed by atoms with van der Waals surface area (Å²) in [7, 11) is 0. The quantitative estimate of drug-likeness (QED) is 0.909. The lowest BCUT2D eigenvalue weighted by Gasteiger charge is -2.22. The predicted octanol–water partition coefficient (Wildman–Crippen LogP) is 1.76. The van der Waals surface area contributed by atoms with Crippen molar-refractivity contribution in [3.8, 4) is 0 Å². The van der Waals surface area contributed by atoms with Crippen LogP contribution in [0.3, 0.4) is 0 Å². The van der Waals surface area contributed by atoms with E-state index in [1.165, 1.54) is 12.1 Å². The molecule has 0 spiro atoms. The topological polar surface area (TPSA) is 70.5 Å². The van der Waals surface area contributed by atoms with Crippen molar-refractivity contribution in [1.82, 2.24) is 4.98 Å². The van der Waals surface area contributed by atoms with E-state index in [1.54, 1.807) is 13.0 Å². The van der Waals surface area contributed by atoms with Gasteiger partial charge >= 0.3 is 18.1 Å². The Morgan fingerprint density at radius 3 is 2.47 bits per heavy atom. The van der Waals surface area contributed by atoms with Crippen LogP contribution in [0.25, 0.3) is 0 Å². The van der Waals surface area contributed by atoms with Crippen molar-refractivity contribution in [3.63, 3.8) is 0 Å². The van der Waals surface area contributed by atoms with Gasteiger partial charge in [-0.2, -0.15) is 13.2 Å². The number of rotatable bonds is 4. The summed E-state index contributed by atoms with van der Waals surface area (Å²) in [5.41, 5.74) is 0.424. The summed E-state index contributed by atoms with van der Waals surface area (Å²) in [6.45, 7) is 0.959. The first-order valence-corrected chi connectivity index (χ1v) is 5.26. The SMILES string of the molecule is Cc1cccc(N(CCC(=O)O)C(=O)C(F)(F)F)n1. The Labute approximate surface area is 106 Å². The van der Waals surface area contributed by atoms with Gasteiger partial charge in [-0.25, -0.2) is 4.98 Å². The van der Waals surface area contributed by atoms with Crippen LogP contribution in [0.5, 0.6) is 0 Å². The van der Waals surface area contributed by atoms with Crippen LogP contribution in [-0.4, -0.2) is 34.7 Å². The minimum absolute atomic E-state index is 0.219. The molecule has 0 saturated heterocycles. The molecule has 19 heavy (non-hydrogen) atoms. The summed E-state index contributed by atoms with van der Waals surface area (Å²) in [4.78, 5) is 25.8. The number of halogens is 3. The zero-order valence-corrected chi connectivity index (χ0v) is 9.94. The van der Waals surface area contributed by atoms with Gasteiger partial charge in [-0.3, -0.25) is 14.5 Å². The second-order valence-corrected chi connectivity index (χ2v) is 3.74. The number of alkyl halides is 3. The Morgan fingerprint density at radius 2 is 2.00 bits per heavy atom. The molecule has 104 valence electrons. The molecular weight excluding hydrogens is 265 g/mol. The molecule has 0 unspecified atom stereocenters. The van der Waals surface area contributed by atoms with Crippen molar-refractivity contribution < 1.29 is 27.9 Å². The molecule has 0 bridgehead atoms. The molecule has 1 heterocycles.